The van der Waals surface area contributed by atoms with Crippen molar-refractivity contribution >= 4 is 0 Å². The molecule has 0 aliphatic carbocycles. The van der Waals surface area contributed by atoms with Gasteiger partial charge in [0.15, 0.2) is 0 Å². The number of aliphatic hydroxyl groups is 2. The minimum atomic E-state index is -1.04. The van der Waals surface area contributed by atoms with Gasteiger partial charge in [0, 0.05) is 0 Å². The minimum Gasteiger partial charge on any atom is -0.490 e. The van der Waals surface area contributed by atoms with Crippen LogP contribution in [0.5, 0.6) is 5.75 Å². The lowest BCUT2D eigenvalue weighted by atomic mass is 9.96. The molecular weight excluding hydrogens is 264 g/mol. The fourth-order valence-corrected chi connectivity index (χ4v) is 1.92. The largest absolute Gasteiger partial charge is 0.490 e. The summed E-state index contributed by atoms with van der Waals surface area (Å²) in [5.41, 5.74) is 1.41. The van der Waals surface area contributed by atoms with Crippen LogP contribution in [0.15, 0.2) is 35.9 Å². The highest BCUT2D eigenvalue weighted by atomic mass is 16.5. The summed E-state index contributed by atoms with van der Waals surface area (Å²) < 4.78 is 5.66. The monoisotopic (exact) mass is 292 g/mol. The number of aryl methyl sites for hydroxylation is 1. The molecule has 0 saturated carbocycles. The Morgan fingerprint density at radius 2 is 1.90 bits per heavy atom. The zero-order valence-electron chi connectivity index (χ0n) is 13.6. The Balaban J connectivity index is 2.35. The Morgan fingerprint density at radius 3 is 2.43 bits per heavy atom. The fourth-order valence-electron chi connectivity index (χ4n) is 1.92. The second-order valence-corrected chi connectivity index (χ2v) is 6.07. The Hall–Kier alpha value is -1.32. The van der Waals surface area contributed by atoms with E-state index < -0.39 is 11.7 Å². The van der Waals surface area contributed by atoms with E-state index in [1.54, 1.807) is 13.8 Å². The van der Waals surface area contributed by atoms with Crippen LogP contribution in [0.3, 0.4) is 0 Å². The maximum atomic E-state index is 9.78. The SMILES string of the molecule is CCc1ccc(OC/C=C(\C)CCC(O)C(C)(C)O)cc1. The quantitative estimate of drug-likeness (QED) is 0.721. The number of aliphatic hydroxyl groups excluding tert-OH is 1. The predicted octanol–water partition coefficient (Wildman–Crippen LogP) is 3.49. The molecule has 0 saturated heterocycles. The maximum absolute atomic E-state index is 9.78. The van der Waals surface area contributed by atoms with Crippen molar-refractivity contribution < 1.29 is 14.9 Å². The van der Waals surface area contributed by atoms with Gasteiger partial charge in [-0.05, 0) is 63.8 Å². The molecular formula is C18H28O3. The fraction of sp³-hybridized carbons (Fsp3) is 0.556. The molecule has 0 fully saturated rings. The molecule has 0 heterocycles. The smallest absolute Gasteiger partial charge is 0.119 e. The third-order valence-electron chi connectivity index (χ3n) is 3.64. The van der Waals surface area contributed by atoms with Gasteiger partial charge in [-0.25, -0.2) is 0 Å². The molecule has 0 spiro atoms. The van der Waals surface area contributed by atoms with Crippen LogP contribution in [0, 0.1) is 0 Å². The van der Waals surface area contributed by atoms with Crippen molar-refractivity contribution in [1.82, 2.24) is 0 Å². The molecule has 21 heavy (non-hydrogen) atoms. The molecule has 0 aliphatic rings. The van der Waals surface area contributed by atoms with Crippen molar-refractivity contribution in [1.29, 1.82) is 0 Å². The zero-order chi connectivity index (χ0) is 15.9. The van der Waals surface area contributed by atoms with Crippen LogP contribution in [0.4, 0.5) is 0 Å². The third kappa shape index (κ3) is 6.78. The average molecular weight is 292 g/mol. The molecule has 2 N–H and O–H groups in total. The molecule has 3 nitrogen and oxygen atoms in total. The summed E-state index contributed by atoms with van der Waals surface area (Å²) in [6.07, 6.45) is 3.65. The summed E-state index contributed by atoms with van der Waals surface area (Å²) in [6.45, 7) is 7.92. The molecule has 3 heteroatoms. The lowest BCUT2D eigenvalue weighted by molar-refractivity contribution is -0.0509. The van der Waals surface area contributed by atoms with Crippen LogP contribution in [0.2, 0.25) is 0 Å². The normalized spacial score (nSPS) is 14.1. The van der Waals surface area contributed by atoms with E-state index in [1.165, 1.54) is 5.56 Å². The first kappa shape index (κ1) is 17.7. The lowest BCUT2D eigenvalue weighted by Gasteiger charge is -2.24. The predicted molar refractivity (Wildman–Crippen MR) is 86.6 cm³/mol. The first-order valence-corrected chi connectivity index (χ1v) is 7.60. The standard InChI is InChI=1S/C18H28O3/c1-5-15-7-9-16(10-8-15)21-13-12-14(2)6-11-17(19)18(3,4)20/h7-10,12,17,19-20H,5-6,11,13H2,1-4H3/b14-12+. The first-order chi connectivity index (χ1) is 9.82. The van der Waals surface area contributed by atoms with E-state index in [1.807, 2.05) is 25.1 Å². The lowest BCUT2D eigenvalue weighted by Crippen LogP contribution is -2.35. The summed E-state index contributed by atoms with van der Waals surface area (Å²) in [5, 5.41) is 19.5. The number of rotatable bonds is 8. The Bertz CT molecular complexity index is 441. The van der Waals surface area contributed by atoms with E-state index in [0.717, 1.165) is 24.2 Å². The molecule has 0 radical (unpaired) electrons. The van der Waals surface area contributed by atoms with Crippen LogP contribution < -0.4 is 4.74 Å². The Kier molecular flexibility index (Phi) is 6.93. The van der Waals surface area contributed by atoms with Gasteiger partial charge in [0.25, 0.3) is 0 Å². The second kappa shape index (κ2) is 8.20. The van der Waals surface area contributed by atoms with Crippen molar-refractivity contribution in [3.63, 3.8) is 0 Å². The molecule has 0 bridgehead atoms. The highest BCUT2D eigenvalue weighted by molar-refractivity contribution is 5.27. The molecule has 1 rings (SSSR count). The van der Waals surface area contributed by atoms with E-state index in [-0.39, 0.29) is 0 Å². The molecule has 1 atom stereocenters. The summed E-state index contributed by atoms with van der Waals surface area (Å²) >= 11 is 0. The third-order valence-corrected chi connectivity index (χ3v) is 3.64. The first-order valence-electron chi connectivity index (χ1n) is 7.60. The van der Waals surface area contributed by atoms with E-state index in [9.17, 15) is 10.2 Å². The van der Waals surface area contributed by atoms with Gasteiger partial charge in [-0.3, -0.25) is 0 Å². The van der Waals surface area contributed by atoms with Gasteiger partial charge in [-0.2, -0.15) is 0 Å². The Labute approximate surface area is 128 Å². The van der Waals surface area contributed by atoms with Gasteiger partial charge in [0.2, 0.25) is 0 Å². The number of allylic oxidation sites excluding steroid dienone is 1. The van der Waals surface area contributed by atoms with Crippen molar-refractivity contribution in [2.75, 3.05) is 6.61 Å². The molecule has 1 unspecified atom stereocenters. The highest BCUT2D eigenvalue weighted by Gasteiger charge is 2.23. The van der Waals surface area contributed by atoms with Crippen LogP contribution in [-0.2, 0) is 6.42 Å². The van der Waals surface area contributed by atoms with Crippen molar-refractivity contribution in [3.8, 4) is 5.75 Å². The van der Waals surface area contributed by atoms with Crippen molar-refractivity contribution in [2.45, 2.75) is 58.7 Å². The molecule has 118 valence electrons. The van der Waals surface area contributed by atoms with Crippen LogP contribution in [0.25, 0.3) is 0 Å². The van der Waals surface area contributed by atoms with Gasteiger partial charge in [-0.1, -0.05) is 24.6 Å². The van der Waals surface area contributed by atoms with Crippen LogP contribution >= 0.6 is 0 Å². The van der Waals surface area contributed by atoms with Gasteiger partial charge >= 0.3 is 0 Å². The van der Waals surface area contributed by atoms with E-state index in [2.05, 4.69) is 19.1 Å². The van der Waals surface area contributed by atoms with E-state index in [0.29, 0.717) is 13.0 Å². The molecule has 0 aromatic heterocycles. The Morgan fingerprint density at radius 1 is 1.29 bits per heavy atom. The summed E-state index contributed by atoms with van der Waals surface area (Å²) in [6, 6.07) is 8.12. The maximum Gasteiger partial charge on any atom is 0.119 e. The van der Waals surface area contributed by atoms with Crippen LogP contribution in [0.1, 0.15) is 46.1 Å². The number of hydrogen-bond donors (Lipinski definition) is 2. The molecule has 0 aliphatic heterocycles. The van der Waals surface area contributed by atoms with Crippen molar-refractivity contribution in [2.24, 2.45) is 0 Å². The number of ether oxygens (including phenoxy) is 1. The second-order valence-electron chi connectivity index (χ2n) is 6.07. The molecule has 1 aromatic rings. The van der Waals surface area contributed by atoms with Gasteiger partial charge < -0.3 is 14.9 Å². The van der Waals surface area contributed by atoms with Crippen LogP contribution in [-0.4, -0.2) is 28.5 Å². The topological polar surface area (TPSA) is 49.7 Å². The molecule has 1 aromatic carbocycles. The minimum absolute atomic E-state index is 0.524. The van der Waals surface area contributed by atoms with E-state index in [4.69, 9.17) is 4.74 Å². The number of hydrogen-bond acceptors (Lipinski definition) is 3. The van der Waals surface area contributed by atoms with Gasteiger partial charge in [0.1, 0.15) is 12.4 Å². The summed E-state index contributed by atoms with van der Waals surface area (Å²) in [7, 11) is 0. The molecule has 0 amide bonds. The summed E-state index contributed by atoms with van der Waals surface area (Å²) in [5.74, 6) is 0.868. The zero-order valence-corrected chi connectivity index (χ0v) is 13.6. The van der Waals surface area contributed by atoms with E-state index >= 15 is 0 Å². The average Bonchev–Trinajstić information content (AvgIpc) is 2.44. The van der Waals surface area contributed by atoms with Gasteiger partial charge in [0.05, 0.1) is 11.7 Å². The van der Waals surface area contributed by atoms with Crippen molar-refractivity contribution in [3.05, 3.63) is 41.5 Å². The highest BCUT2D eigenvalue weighted by Crippen LogP contribution is 2.17. The number of benzene rings is 1. The summed E-state index contributed by atoms with van der Waals surface area (Å²) in [4.78, 5) is 0. The van der Waals surface area contributed by atoms with Gasteiger partial charge in [-0.15, -0.1) is 0 Å².